The van der Waals surface area contributed by atoms with Crippen LogP contribution in [-0.4, -0.2) is 34.6 Å². The first-order valence-corrected chi connectivity index (χ1v) is 7.92. The highest BCUT2D eigenvalue weighted by molar-refractivity contribution is 8.14. The van der Waals surface area contributed by atoms with Gasteiger partial charge in [-0.25, -0.2) is 4.79 Å². The van der Waals surface area contributed by atoms with E-state index in [1.807, 2.05) is 34.6 Å². The molecule has 0 aromatic rings. The van der Waals surface area contributed by atoms with Gasteiger partial charge >= 0.3 is 6.09 Å². The standard InChI is InChI=1S/C14H28N2O3S/c1-10(2)20-12(17)11(15)8-6-7-9-16-13(18)19-14(3,4)5/h10-11H,6-9,15H2,1-5H3,(H,16,18). The third kappa shape index (κ3) is 11.1. The molecule has 5 nitrogen and oxygen atoms in total. The van der Waals surface area contributed by atoms with Crippen LogP contribution in [0.25, 0.3) is 0 Å². The predicted molar refractivity (Wildman–Crippen MR) is 83.8 cm³/mol. The third-order valence-corrected chi connectivity index (χ3v) is 3.27. The molecule has 0 bridgehead atoms. The van der Waals surface area contributed by atoms with Crippen molar-refractivity contribution in [1.29, 1.82) is 0 Å². The number of nitrogens with two attached hydrogens (primary N) is 1. The second-order valence-electron chi connectivity index (χ2n) is 6.02. The zero-order valence-electron chi connectivity index (χ0n) is 13.2. The highest BCUT2D eigenvalue weighted by Gasteiger charge is 2.16. The Morgan fingerprint density at radius 1 is 1.25 bits per heavy atom. The summed E-state index contributed by atoms with van der Waals surface area (Å²) in [6, 6.07) is -0.413. The number of unbranched alkanes of at least 4 members (excludes halogenated alkanes) is 1. The number of alkyl carbamates (subject to hydrolysis) is 1. The van der Waals surface area contributed by atoms with E-state index in [0.29, 0.717) is 13.0 Å². The van der Waals surface area contributed by atoms with Gasteiger partial charge in [-0.05, 0) is 40.0 Å². The van der Waals surface area contributed by atoms with Crippen LogP contribution in [0.4, 0.5) is 4.79 Å². The van der Waals surface area contributed by atoms with Crippen LogP contribution >= 0.6 is 11.8 Å². The van der Waals surface area contributed by atoms with Crippen molar-refractivity contribution < 1.29 is 14.3 Å². The van der Waals surface area contributed by atoms with Gasteiger partial charge in [-0.3, -0.25) is 4.79 Å². The molecule has 1 amide bonds. The highest BCUT2D eigenvalue weighted by atomic mass is 32.2. The Kier molecular flexibility index (Phi) is 8.89. The summed E-state index contributed by atoms with van der Waals surface area (Å²) in [5.41, 5.74) is 5.33. The molecule has 0 radical (unpaired) electrons. The Balaban J connectivity index is 3.67. The number of carbonyl (C=O) groups is 2. The van der Waals surface area contributed by atoms with Crippen LogP contribution in [0.5, 0.6) is 0 Å². The maximum absolute atomic E-state index is 11.6. The quantitative estimate of drug-likeness (QED) is 0.707. The molecule has 118 valence electrons. The van der Waals surface area contributed by atoms with Gasteiger partial charge in [0.1, 0.15) is 5.60 Å². The molecule has 0 aliphatic carbocycles. The molecular formula is C14H28N2O3S. The number of hydrogen-bond donors (Lipinski definition) is 2. The van der Waals surface area contributed by atoms with E-state index in [0.717, 1.165) is 12.8 Å². The largest absolute Gasteiger partial charge is 0.444 e. The summed E-state index contributed by atoms with van der Waals surface area (Å²) in [6.07, 6.45) is 1.83. The highest BCUT2D eigenvalue weighted by Crippen LogP contribution is 2.14. The molecule has 0 saturated carbocycles. The molecule has 0 saturated heterocycles. The van der Waals surface area contributed by atoms with Crippen LogP contribution in [0.2, 0.25) is 0 Å². The normalized spacial score (nSPS) is 13.2. The molecule has 0 aromatic carbocycles. The molecule has 0 rings (SSSR count). The number of amides is 1. The molecule has 6 heteroatoms. The average Bonchev–Trinajstić information content (AvgIpc) is 2.24. The molecule has 20 heavy (non-hydrogen) atoms. The van der Waals surface area contributed by atoms with Crippen LogP contribution in [0.1, 0.15) is 53.9 Å². The zero-order chi connectivity index (χ0) is 15.8. The van der Waals surface area contributed by atoms with Crippen molar-refractivity contribution in [3.63, 3.8) is 0 Å². The number of hydrogen-bond acceptors (Lipinski definition) is 5. The van der Waals surface area contributed by atoms with E-state index < -0.39 is 17.7 Å². The summed E-state index contributed by atoms with van der Waals surface area (Å²) in [5, 5.41) is 2.99. The van der Waals surface area contributed by atoms with Gasteiger partial charge in [0.15, 0.2) is 0 Å². The maximum atomic E-state index is 11.6. The van der Waals surface area contributed by atoms with Crippen LogP contribution in [0.3, 0.4) is 0 Å². The van der Waals surface area contributed by atoms with Gasteiger partial charge in [-0.1, -0.05) is 25.6 Å². The van der Waals surface area contributed by atoms with Gasteiger partial charge < -0.3 is 15.8 Å². The molecule has 0 fully saturated rings. The van der Waals surface area contributed by atoms with E-state index in [-0.39, 0.29) is 10.4 Å². The Labute approximate surface area is 126 Å². The van der Waals surface area contributed by atoms with Gasteiger partial charge in [0.05, 0.1) is 6.04 Å². The van der Waals surface area contributed by atoms with Crippen LogP contribution in [0.15, 0.2) is 0 Å². The fraction of sp³-hybridized carbons (Fsp3) is 0.857. The van der Waals surface area contributed by atoms with Crippen molar-refractivity contribution in [2.75, 3.05) is 6.54 Å². The molecule has 0 heterocycles. The van der Waals surface area contributed by atoms with E-state index in [1.165, 1.54) is 11.8 Å². The number of thioether (sulfide) groups is 1. The smallest absolute Gasteiger partial charge is 0.407 e. The Morgan fingerprint density at radius 2 is 1.85 bits per heavy atom. The minimum absolute atomic E-state index is 0.0418. The first kappa shape index (κ1) is 19.2. The summed E-state index contributed by atoms with van der Waals surface area (Å²) in [5.74, 6) is 0. The van der Waals surface area contributed by atoms with Gasteiger partial charge in [-0.2, -0.15) is 0 Å². The fourth-order valence-electron chi connectivity index (χ4n) is 1.43. The molecule has 3 N–H and O–H groups in total. The third-order valence-electron chi connectivity index (χ3n) is 2.26. The summed E-state index contributed by atoms with van der Waals surface area (Å²) in [7, 11) is 0. The summed E-state index contributed by atoms with van der Waals surface area (Å²) in [6.45, 7) is 9.95. The molecule has 0 aliphatic heterocycles. The van der Waals surface area contributed by atoms with Crippen LogP contribution < -0.4 is 11.1 Å². The lowest BCUT2D eigenvalue weighted by atomic mass is 10.1. The van der Waals surface area contributed by atoms with Gasteiger partial charge in [0, 0.05) is 11.8 Å². The lowest BCUT2D eigenvalue weighted by molar-refractivity contribution is -0.112. The van der Waals surface area contributed by atoms with Gasteiger partial charge in [0.25, 0.3) is 0 Å². The molecule has 0 spiro atoms. The van der Waals surface area contributed by atoms with Gasteiger partial charge in [0.2, 0.25) is 5.12 Å². The Morgan fingerprint density at radius 3 is 2.35 bits per heavy atom. The average molecular weight is 304 g/mol. The predicted octanol–water partition coefficient (Wildman–Crippen LogP) is 2.68. The van der Waals surface area contributed by atoms with Crippen molar-refractivity contribution in [2.24, 2.45) is 5.73 Å². The monoisotopic (exact) mass is 304 g/mol. The Bertz CT molecular complexity index is 314. The SMILES string of the molecule is CC(C)SC(=O)C(N)CCCCNC(=O)OC(C)(C)C. The second-order valence-corrected chi connectivity index (χ2v) is 7.60. The summed E-state index contributed by atoms with van der Waals surface area (Å²) >= 11 is 1.28. The number of rotatable bonds is 7. The van der Waals surface area contributed by atoms with Crippen molar-refractivity contribution in [2.45, 2.75) is 70.8 Å². The molecule has 0 aliphatic rings. The minimum atomic E-state index is -0.479. The molecule has 1 atom stereocenters. The van der Waals surface area contributed by atoms with E-state index in [1.54, 1.807) is 0 Å². The summed E-state index contributed by atoms with van der Waals surface area (Å²) in [4.78, 5) is 23.0. The van der Waals surface area contributed by atoms with Crippen molar-refractivity contribution in [3.8, 4) is 0 Å². The zero-order valence-corrected chi connectivity index (χ0v) is 14.0. The molecule has 1 unspecified atom stereocenters. The molecule has 0 aromatic heterocycles. The van der Waals surface area contributed by atoms with Crippen molar-refractivity contribution in [1.82, 2.24) is 5.32 Å². The maximum Gasteiger partial charge on any atom is 0.407 e. The van der Waals surface area contributed by atoms with Crippen LogP contribution in [-0.2, 0) is 9.53 Å². The van der Waals surface area contributed by atoms with E-state index >= 15 is 0 Å². The van der Waals surface area contributed by atoms with Gasteiger partial charge in [-0.15, -0.1) is 0 Å². The number of ether oxygens (including phenoxy) is 1. The number of nitrogens with one attached hydrogen (secondary N) is 1. The van der Waals surface area contributed by atoms with Crippen molar-refractivity contribution in [3.05, 3.63) is 0 Å². The lowest BCUT2D eigenvalue weighted by Crippen LogP contribution is -2.33. The number of carbonyl (C=O) groups excluding carboxylic acids is 2. The lowest BCUT2D eigenvalue weighted by Gasteiger charge is -2.19. The summed E-state index contributed by atoms with van der Waals surface area (Å²) < 4.78 is 5.12. The van der Waals surface area contributed by atoms with E-state index in [9.17, 15) is 9.59 Å². The minimum Gasteiger partial charge on any atom is -0.444 e. The first-order valence-electron chi connectivity index (χ1n) is 7.04. The first-order chi connectivity index (χ1) is 9.11. The van der Waals surface area contributed by atoms with E-state index in [2.05, 4.69) is 5.32 Å². The second kappa shape index (κ2) is 9.23. The fourth-order valence-corrected chi connectivity index (χ4v) is 2.19. The van der Waals surface area contributed by atoms with Crippen molar-refractivity contribution >= 4 is 23.0 Å². The van der Waals surface area contributed by atoms with E-state index in [4.69, 9.17) is 10.5 Å². The topological polar surface area (TPSA) is 81.4 Å². The Hall–Kier alpha value is -0.750. The molecular weight excluding hydrogens is 276 g/mol. The van der Waals surface area contributed by atoms with Crippen LogP contribution in [0, 0.1) is 0 Å².